The molecule has 2 heteroatoms. The van der Waals surface area contributed by atoms with Crippen molar-refractivity contribution in [3.8, 4) is 11.1 Å². The van der Waals surface area contributed by atoms with Crippen molar-refractivity contribution in [2.24, 2.45) is 0 Å². The molecule has 1 N–H and O–H groups in total. The third kappa shape index (κ3) is 1.97. The topological polar surface area (TPSA) is 15.8 Å². The van der Waals surface area contributed by atoms with Crippen LogP contribution in [0.2, 0.25) is 0 Å². The second-order valence-electron chi connectivity index (χ2n) is 4.81. The third-order valence-electron chi connectivity index (χ3n) is 3.65. The van der Waals surface area contributed by atoms with Gasteiger partial charge in [0.05, 0.1) is 0 Å². The van der Waals surface area contributed by atoms with Crippen LogP contribution in [-0.4, -0.2) is 4.98 Å². The molecule has 4 rings (SSSR count). The third-order valence-corrected chi connectivity index (χ3v) is 3.65. The van der Waals surface area contributed by atoms with E-state index in [-0.39, 0.29) is 12.4 Å². The number of benzene rings is 3. The van der Waals surface area contributed by atoms with Gasteiger partial charge in [-0.1, -0.05) is 48.5 Å². The maximum Gasteiger partial charge on any atom is 0.0454 e. The van der Waals surface area contributed by atoms with Gasteiger partial charge in [0.1, 0.15) is 0 Å². The standard InChI is InChI=1S/C18H13N.ClH/c1-2-6-16-13(4-1)5-3-7-17(16)14-8-9-18-15(12-14)10-11-19-18;/h1-12,19H;1H. The number of aromatic nitrogens is 1. The van der Waals surface area contributed by atoms with Gasteiger partial charge in [-0.05, 0) is 45.5 Å². The molecule has 0 aliphatic rings. The molecule has 0 bridgehead atoms. The normalized spacial score (nSPS) is 10.6. The largest absolute Gasteiger partial charge is 0.361 e. The first-order valence-corrected chi connectivity index (χ1v) is 6.47. The van der Waals surface area contributed by atoms with E-state index >= 15 is 0 Å². The van der Waals surface area contributed by atoms with E-state index in [1.54, 1.807) is 0 Å². The Hall–Kier alpha value is -2.25. The van der Waals surface area contributed by atoms with Crippen LogP contribution >= 0.6 is 12.4 Å². The summed E-state index contributed by atoms with van der Waals surface area (Å²) >= 11 is 0. The molecule has 0 saturated carbocycles. The average molecular weight is 280 g/mol. The number of H-pyrrole nitrogens is 1. The van der Waals surface area contributed by atoms with E-state index in [1.807, 2.05) is 6.20 Å². The Balaban J connectivity index is 0.00000121. The lowest BCUT2D eigenvalue weighted by Gasteiger charge is -2.07. The Kier molecular flexibility index (Phi) is 3.21. The van der Waals surface area contributed by atoms with Crippen LogP contribution < -0.4 is 0 Å². The van der Waals surface area contributed by atoms with Crippen molar-refractivity contribution in [3.05, 3.63) is 72.9 Å². The fourth-order valence-electron chi connectivity index (χ4n) is 2.70. The highest BCUT2D eigenvalue weighted by atomic mass is 35.5. The van der Waals surface area contributed by atoms with Gasteiger partial charge in [0, 0.05) is 11.7 Å². The highest BCUT2D eigenvalue weighted by molar-refractivity contribution is 5.98. The number of aromatic amines is 1. The van der Waals surface area contributed by atoms with Crippen LogP contribution in [0.15, 0.2) is 72.9 Å². The molecule has 4 aromatic rings. The van der Waals surface area contributed by atoms with Crippen LogP contribution in [-0.2, 0) is 0 Å². The lowest BCUT2D eigenvalue weighted by Crippen LogP contribution is -1.81. The Morgan fingerprint density at radius 3 is 2.50 bits per heavy atom. The minimum Gasteiger partial charge on any atom is -0.361 e. The summed E-state index contributed by atoms with van der Waals surface area (Å²) in [6, 6.07) is 23.7. The highest BCUT2D eigenvalue weighted by Crippen LogP contribution is 2.30. The molecule has 3 aromatic carbocycles. The quantitative estimate of drug-likeness (QED) is 0.479. The summed E-state index contributed by atoms with van der Waals surface area (Å²) in [4.78, 5) is 3.24. The van der Waals surface area contributed by atoms with Gasteiger partial charge in [-0.2, -0.15) is 0 Å². The van der Waals surface area contributed by atoms with Gasteiger partial charge in [0.25, 0.3) is 0 Å². The van der Waals surface area contributed by atoms with Crippen molar-refractivity contribution in [3.63, 3.8) is 0 Å². The lowest BCUT2D eigenvalue weighted by molar-refractivity contribution is 1.48. The lowest BCUT2D eigenvalue weighted by atomic mass is 9.97. The molecular formula is C18H14ClN. The van der Waals surface area contributed by atoms with Crippen molar-refractivity contribution in [1.29, 1.82) is 0 Å². The van der Waals surface area contributed by atoms with E-state index in [0.29, 0.717) is 0 Å². The maximum absolute atomic E-state index is 3.24. The number of nitrogens with one attached hydrogen (secondary N) is 1. The molecule has 98 valence electrons. The van der Waals surface area contributed by atoms with Crippen LogP contribution in [0.25, 0.3) is 32.8 Å². The summed E-state index contributed by atoms with van der Waals surface area (Å²) in [5, 5.41) is 3.85. The molecule has 0 amide bonds. The smallest absolute Gasteiger partial charge is 0.0454 e. The van der Waals surface area contributed by atoms with Gasteiger partial charge in [-0.15, -0.1) is 12.4 Å². The van der Waals surface area contributed by atoms with Crippen molar-refractivity contribution >= 4 is 34.1 Å². The van der Waals surface area contributed by atoms with E-state index in [0.717, 1.165) is 0 Å². The minimum atomic E-state index is 0. The van der Waals surface area contributed by atoms with Crippen molar-refractivity contribution in [2.45, 2.75) is 0 Å². The molecule has 0 unspecified atom stereocenters. The van der Waals surface area contributed by atoms with Crippen LogP contribution in [0.5, 0.6) is 0 Å². The zero-order chi connectivity index (χ0) is 12.7. The fourth-order valence-corrected chi connectivity index (χ4v) is 2.70. The number of rotatable bonds is 1. The van der Waals surface area contributed by atoms with E-state index < -0.39 is 0 Å². The molecular weight excluding hydrogens is 266 g/mol. The number of hydrogen-bond acceptors (Lipinski definition) is 0. The van der Waals surface area contributed by atoms with E-state index in [2.05, 4.69) is 71.7 Å². The number of hydrogen-bond donors (Lipinski definition) is 1. The predicted molar refractivity (Wildman–Crippen MR) is 88.5 cm³/mol. The molecule has 0 aliphatic carbocycles. The molecule has 0 radical (unpaired) electrons. The summed E-state index contributed by atoms with van der Waals surface area (Å²) in [5.41, 5.74) is 3.74. The van der Waals surface area contributed by atoms with Gasteiger partial charge in [-0.3, -0.25) is 0 Å². The molecule has 0 spiro atoms. The predicted octanol–water partition coefficient (Wildman–Crippen LogP) is 5.41. The van der Waals surface area contributed by atoms with Gasteiger partial charge >= 0.3 is 0 Å². The summed E-state index contributed by atoms with van der Waals surface area (Å²) in [7, 11) is 0. The minimum absolute atomic E-state index is 0. The Labute approximate surface area is 123 Å². The van der Waals surface area contributed by atoms with Crippen LogP contribution in [0, 0.1) is 0 Å². The van der Waals surface area contributed by atoms with Crippen LogP contribution in [0.3, 0.4) is 0 Å². The summed E-state index contributed by atoms with van der Waals surface area (Å²) in [6.45, 7) is 0. The summed E-state index contributed by atoms with van der Waals surface area (Å²) in [6.07, 6.45) is 1.98. The monoisotopic (exact) mass is 279 g/mol. The Bertz CT molecular complexity index is 871. The molecule has 20 heavy (non-hydrogen) atoms. The van der Waals surface area contributed by atoms with Crippen molar-refractivity contribution in [1.82, 2.24) is 4.98 Å². The van der Waals surface area contributed by atoms with Gasteiger partial charge in [0.2, 0.25) is 0 Å². The first-order chi connectivity index (χ1) is 9.42. The SMILES string of the molecule is Cl.c1ccc2c(-c3ccc4[nH]ccc4c3)cccc2c1. The van der Waals surface area contributed by atoms with E-state index in [1.165, 1.54) is 32.8 Å². The average Bonchev–Trinajstić information content (AvgIpc) is 2.94. The Morgan fingerprint density at radius 1 is 0.700 bits per heavy atom. The number of halogens is 1. The molecule has 1 nitrogen and oxygen atoms in total. The molecule has 0 fully saturated rings. The molecule has 1 aromatic heterocycles. The van der Waals surface area contributed by atoms with Gasteiger partial charge < -0.3 is 4.98 Å². The van der Waals surface area contributed by atoms with E-state index in [9.17, 15) is 0 Å². The first-order valence-electron chi connectivity index (χ1n) is 6.47. The molecule has 1 heterocycles. The fraction of sp³-hybridized carbons (Fsp3) is 0. The summed E-state index contributed by atoms with van der Waals surface area (Å²) < 4.78 is 0. The van der Waals surface area contributed by atoms with Gasteiger partial charge in [0.15, 0.2) is 0 Å². The van der Waals surface area contributed by atoms with E-state index in [4.69, 9.17) is 0 Å². The maximum atomic E-state index is 3.24. The highest BCUT2D eigenvalue weighted by Gasteiger charge is 2.04. The zero-order valence-corrected chi connectivity index (χ0v) is 11.7. The molecule has 0 saturated heterocycles. The second kappa shape index (κ2) is 5.03. The van der Waals surface area contributed by atoms with Crippen molar-refractivity contribution in [2.75, 3.05) is 0 Å². The van der Waals surface area contributed by atoms with Gasteiger partial charge in [-0.25, -0.2) is 0 Å². The summed E-state index contributed by atoms with van der Waals surface area (Å²) in [5.74, 6) is 0. The van der Waals surface area contributed by atoms with Crippen molar-refractivity contribution < 1.29 is 0 Å². The Morgan fingerprint density at radius 2 is 1.55 bits per heavy atom. The molecule has 0 atom stereocenters. The van der Waals surface area contributed by atoms with Crippen LogP contribution in [0.4, 0.5) is 0 Å². The second-order valence-corrected chi connectivity index (χ2v) is 4.81. The zero-order valence-electron chi connectivity index (χ0n) is 10.8. The molecule has 0 aliphatic heterocycles. The first kappa shape index (κ1) is 12.8. The van der Waals surface area contributed by atoms with Crippen LogP contribution in [0.1, 0.15) is 0 Å². The number of fused-ring (bicyclic) bond motifs is 2.